The van der Waals surface area contributed by atoms with E-state index in [0.29, 0.717) is 30.7 Å². The number of rotatable bonds is 4. The molecule has 4 fully saturated rings. The standard InChI is InChI=1S/C15H23N3O/c16-2-1-3-18-15(19)14(17)13-11-5-9-4-10(7-11)8-12(13)6-9/h9-14H,1,3-8,17H2,(H,18,19). The molecule has 0 saturated heterocycles. The Bertz CT molecular complexity index is 373. The second kappa shape index (κ2) is 5.13. The molecule has 0 aliphatic heterocycles. The molecular weight excluding hydrogens is 238 g/mol. The zero-order valence-electron chi connectivity index (χ0n) is 11.3. The highest BCUT2D eigenvalue weighted by Crippen LogP contribution is 2.57. The summed E-state index contributed by atoms with van der Waals surface area (Å²) >= 11 is 0. The molecule has 1 amide bonds. The average molecular weight is 261 g/mol. The van der Waals surface area contributed by atoms with Crippen molar-refractivity contribution in [2.75, 3.05) is 6.54 Å². The molecule has 4 aliphatic rings. The summed E-state index contributed by atoms with van der Waals surface area (Å²) in [5.41, 5.74) is 6.23. The van der Waals surface area contributed by atoms with E-state index in [2.05, 4.69) is 5.32 Å². The lowest BCUT2D eigenvalue weighted by Crippen LogP contribution is -2.56. The van der Waals surface area contributed by atoms with Gasteiger partial charge in [0.25, 0.3) is 0 Å². The first-order valence-corrected chi connectivity index (χ1v) is 7.59. The number of hydrogen-bond donors (Lipinski definition) is 2. The van der Waals surface area contributed by atoms with Crippen LogP contribution in [0.3, 0.4) is 0 Å². The van der Waals surface area contributed by atoms with Gasteiger partial charge in [0.1, 0.15) is 0 Å². The molecule has 4 rings (SSSR count). The Hall–Kier alpha value is -1.08. The average Bonchev–Trinajstić information content (AvgIpc) is 2.37. The minimum absolute atomic E-state index is 0.0484. The van der Waals surface area contributed by atoms with Crippen LogP contribution in [-0.4, -0.2) is 18.5 Å². The molecule has 4 aliphatic carbocycles. The molecular formula is C15H23N3O. The summed E-state index contributed by atoms with van der Waals surface area (Å²) in [6.45, 7) is 0.427. The van der Waals surface area contributed by atoms with Crippen molar-refractivity contribution in [2.45, 2.75) is 44.6 Å². The van der Waals surface area contributed by atoms with Gasteiger partial charge in [-0.25, -0.2) is 0 Å². The predicted molar refractivity (Wildman–Crippen MR) is 71.8 cm³/mol. The fourth-order valence-electron chi connectivity index (χ4n) is 5.09. The Kier molecular flexibility index (Phi) is 3.49. The van der Waals surface area contributed by atoms with Crippen molar-refractivity contribution in [3.63, 3.8) is 0 Å². The lowest BCUT2D eigenvalue weighted by atomic mass is 9.50. The molecule has 0 radical (unpaired) electrons. The van der Waals surface area contributed by atoms with Crippen LogP contribution in [0, 0.1) is 40.9 Å². The van der Waals surface area contributed by atoms with E-state index in [1.54, 1.807) is 0 Å². The van der Waals surface area contributed by atoms with Gasteiger partial charge in [0, 0.05) is 6.54 Å². The minimum Gasteiger partial charge on any atom is -0.354 e. The maximum atomic E-state index is 12.1. The molecule has 4 saturated carbocycles. The second-order valence-corrected chi connectivity index (χ2v) is 6.73. The number of nitrogens with zero attached hydrogens (tertiary/aromatic N) is 1. The highest BCUT2D eigenvalue weighted by Gasteiger charge is 2.50. The maximum Gasteiger partial charge on any atom is 0.237 e. The Morgan fingerprint density at radius 2 is 1.79 bits per heavy atom. The molecule has 0 aromatic carbocycles. The number of carbonyl (C=O) groups excluding carboxylic acids is 1. The normalized spacial score (nSPS) is 40.7. The quantitative estimate of drug-likeness (QED) is 0.751. The van der Waals surface area contributed by atoms with Gasteiger partial charge in [0.15, 0.2) is 0 Å². The topological polar surface area (TPSA) is 78.9 Å². The van der Waals surface area contributed by atoms with E-state index in [-0.39, 0.29) is 11.9 Å². The fraction of sp³-hybridized carbons (Fsp3) is 0.867. The highest BCUT2D eigenvalue weighted by atomic mass is 16.2. The zero-order chi connectivity index (χ0) is 13.4. The molecule has 1 atom stereocenters. The fourth-order valence-corrected chi connectivity index (χ4v) is 5.09. The van der Waals surface area contributed by atoms with Gasteiger partial charge in [-0.15, -0.1) is 0 Å². The molecule has 19 heavy (non-hydrogen) atoms. The maximum absolute atomic E-state index is 12.1. The molecule has 0 heterocycles. The number of nitriles is 1. The van der Waals surface area contributed by atoms with E-state index in [4.69, 9.17) is 11.0 Å². The van der Waals surface area contributed by atoms with Gasteiger partial charge in [-0.2, -0.15) is 5.26 Å². The van der Waals surface area contributed by atoms with E-state index < -0.39 is 0 Å². The molecule has 3 N–H and O–H groups in total. The van der Waals surface area contributed by atoms with Crippen LogP contribution >= 0.6 is 0 Å². The molecule has 1 unspecified atom stereocenters. The third kappa shape index (κ3) is 2.36. The van der Waals surface area contributed by atoms with Gasteiger partial charge in [-0.3, -0.25) is 4.79 Å². The Morgan fingerprint density at radius 3 is 2.32 bits per heavy atom. The third-order valence-electron chi connectivity index (χ3n) is 5.55. The molecule has 0 aromatic heterocycles. The molecule has 0 aromatic rings. The molecule has 4 heteroatoms. The van der Waals surface area contributed by atoms with Crippen molar-refractivity contribution >= 4 is 5.91 Å². The summed E-state index contributed by atoms with van der Waals surface area (Å²) in [4.78, 5) is 12.1. The minimum atomic E-state index is -0.367. The first kappa shape index (κ1) is 12.9. The van der Waals surface area contributed by atoms with Gasteiger partial charge >= 0.3 is 0 Å². The SMILES string of the molecule is N#CCCNC(=O)C(N)C1C2CC3CC(C2)CC1C3. The van der Waals surface area contributed by atoms with Crippen molar-refractivity contribution in [1.82, 2.24) is 5.32 Å². The predicted octanol–water partition coefficient (Wildman–Crippen LogP) is 1.42. The number of carbonyl (C=O) groups is 1. The van der Waals surface area contributed by atoms with Crippen LogP contribution in [0.4, 0.5) is 0 Å². The highest BCUT2D eigenvalue weighted by molar-refractivity contribution is 5.82. The Balaban J connectivity index is 1.62. The van der Waals surface area contributed by atoms with Crippen molar-refractivity contribution in [3.05, 3.63) is 0 Å². The van der Waals surface area contributed by atoms with Gasteiger partial charge in [0.05, 0.1) is 18.5 Å². The lowest BCUT2D eigenvalue weighted by Gasteiger charge is -2.55. The van der Waals surface area contributed by atoms with E-state index >= 15 is 0 Å². The lowest BCUT2D eigenvalue weighted by molar-refractivity contribution is -0.128. The van der Waals surface area contributed by atoms with Crippen molar-refractivity contribution < 1.29 is 4.79 Å². The first-order valence-electron chi connectivity index (χ1n) is 7.59. The van der Waals surface area contributed by atoms with Crippen molar-refractivity contribution in [3.8, 4) is 6.07 Å². The van der Waals surface area contributed by atoms with Crippen LogP contribution in [0.2, 0.25) is 0 Å². The Morgan fingerprint density at radius 1 is 1.21 bits per heavy atom. The number of hydrogen-bond acceptors (Lipinski definition) is 3. The van der Waals surface area contributed by atoms with Crippen molar-refractivity contribution in [2.24, 2.45) is 35.3 Å². The molecule has 104 valence electrons. The smallest absolute Gasteiger partial charge is 0.237 e. The molecule has 4 bridgehead atoms. The second-order valence-electron chi connectivity index (χ2n) is 6.73. The first-order chi connectivity index (χ1) is 9.19. The van der Waals surface area contributed by atoms with Gasteiger partial charge < -0.3 is 11.1 Å². The van der Waals surface area contributed by atoms with Crippen LogP contribution in [0.1, 0.15) is 38.5 Å². The zero-order valence-corrected chi connectivity index (χ0v) is 11.3. The van der Waals surface area contributed by atoms with Crippen LogP contribution in [-0.2, 0) is 4.79 Å². The van der Waals surface area contributed by atoms with E-state index in [0.717, 1.165) is 11.8 Å². The number of nitrogens with two attached hydrogens (primary N) is 1. The van der Waals surface area contributed by atoms with Gasteiger partial charge in [-0.1, -0.05) is 0 Å². The summed E-state index contributed by atoms with van der Waals surface area (Å²) < 4.78 is 0. The van der Waals surface area contributed by atoms with Gasteiger partial charge in [0.2, 0.25) is 5.91 Å². The molecule has 4 nitrogen and oxygen atoms in total. The number of nitrogens with one attached hydrogen (secondary N) is 1. The summed E-state index contributed by atoms with van der Waals surface area (Å²) in [6, 6.07) is 1.67. The van der Waals surface area contributed by atoms with Crippen LogP contribution in [0.5, 0.6) is 0 Å². The van der Waals surface area contributed by atoms with E-state index in [1.807, 2.05) is 6.07 Å². The van der Waals surface area contributed by atoms with E-state index in [9.17, 15) is 4.79 Å². The van der Waals surface area contributed by atoms with Crippen LogP contribution in [0.15, 0.2) is 0 Å². The van der Waals surface area contributed by atoms with Gasteiger partial charge in [-0.05, 0) is 61.7 Å². The van der Waals surface area contributed by atoms with Crippen LogP contribution in [0.25, 0.3) is 0 Å². The summed E-state index contributed by atoms with van der Waals surface area (Å²) in [6.07, 6.45) is 6.94. The molecule has 0 spiro atoms. The monoisotopic (exact) mass is 261 g/mol. The Labute approximate surface area is 114 Å². The summed E-state index contributed by atoms with van der Waals surface area (Å²) in [5, 5.41) is 11.3. The summed E-state index contributed by atoms with van der Waals surface area (Å²) in [7, 11) is 0. The van der Waals surface area contributed by atoms with Crippen molar-refractivity contribution in [1.29, 1.82) is 5.26 Å². The summed E-state index contributed by atoms with van der Waals surface area (Å²) in [5.74, 6) is 3.50. The third-order valence-corrected chi connectivity index (χ3v) is 5.55. The largest absolute Gasteiger partial charge is 0.354 e. The van der Waals surface area contributed by atoms with Crippen LogP contribution < -0.4 is 11.1 Å². The number of amides is 1. The van der Waals surface area contributed by atoms with E-state index in [1.165, 1.54) is 32.1 Å².